The van der Waals surface area contributed by atoms with Crippen LogP contribution in [0, 0.1) is 0 Å². The van der Waals surface area contributed by atoms with Crippen molar-refractivity contribution in [1.82, 2.24) is 14.2 Å². The van der Waals surface area contributed by atoms with Crippen LogP contribution >= 0.6 is 0 Å². The van der Waals surface area contributed by atoms with Crippen molar-refractivity contribution in [2.75, 3.05) is 13.2 Å². The van der Waals surface area contributed by atoms with E-state index in [1.165, 1.54) is 39.3 Å². The second kappa shape index (κ2) is 11.9. The molecule has 1 saturated heterocycles. The molecule has 1 aliphatic carbocycles. The Hall–Kier alpha value is -3.90. The lowest BCUT2D eigenvalue weighted by Crippen LogP contribution is -2.48. The number of hydrogen-bond donors (Lipinski definition) is 1. The van der Waals surface area contributed by atoms with Crippen LogP contribution in [0.25, 0.3) is 10.8 Å². The Labute approximate surface area is 238 Å². The van der Waals surface area contributed by atoms with E-state index in [0.29, 0.717) is 25.7 Å². The Morgan fingerprint density at radius 1 is 1.00 bits per heavy atom. The molecular weight excluding hydrogens is 550 g/mol. The number of aromatic nitrogens is 1. The predicted octanol–water partition coefficient (Wildman–Crippen LogP) is 4.13. The number of unbranched alkanes of at least 4 members (excludes halogenated alkanes) is 1. The van der Waals surface area contributed by atoms with Gasteiger partial charge in [-0.15, -0.1) is 0 Å². The van der Waals surface area contributed by atoms with Crippen LogP contribution in [0.15, 0.2) is 70.5 Å². The molecule has 2 aromatic carbocycles. The number of amides is 1. The lowest BCUT2D eigenvalue weighted by molar-refractivity contribution is 0.0323. The Balaban J connectivity index is 1.30. The summed E-state index contributed by atoms with van der Waals surface area (Å²) in [4.78, 5) is 37.5. The lowest BCUT2D eigenvalue weighted by atomic mass is 10.1. The average Bonchev–Trinajstić information content (AvgIpc) is 3.68. The molecule has 2 heterocycles. The fraction of sp³-hybridized carbons (Fsp3) is 0.414. The largest absolute Gasteiger partial charge is 0.510 e. The van der Waals surface area contributed by atoms with Crippen molar-refractivity contribution in [3.8, 4) is 0 Å². The molecule has 41 heavy (non-hydrogen) atoms. The molecule has 1 aromatic heterocycles. The SMILES string of the molecule is CCCCOC(=O)OCn1ccc2c(S(=O)(=O)N3CCC(NC(=O)OCc4ccccc4)C34CC4)cccc2c1=O. The molecule has 1 amide bonds. The van der Waals surface area contributed by atoms with Crippen LogP contribution < -0.4 is 10.9 Å². The summed E-state index contributed by atoms with van der Waals surface area (Å²) < 4.78 is 45.9. The second-order valence-electron chi connectivity index (χ2n) is 10.3. The maximum atomic E-state index is 14.0. The number of sulfonamides is 1. The Morgan fingerprint density at radius 2 is 1.78 bits per heavy atom. The van der Waals surface area contributed by atoms with Crippen molar-refractivity contribution in [2.24, 2.45) is 0 Å². The standard InChI is InChI=1S/C29H33N3O8S/c1-2-3-18-38-28(35)40-20-31-16-12-22-23(26(31)33)10-7-11-24(22)41(36,37)32-17-13-25(29(32)14-15-29)30-27(34)39-19-21-8-5-4-6-9-21/h4-12,16,25H,2-3,13-15,17-20H2,1H3,(H,30,34). The highest BCUT2D eigenvalue weighted by Crippen LogP contribution is 2.52. The molecule has 1 spiro atoms. The molecule has 0 radical (unpaired) electrons. The highest BCUT2D eigenvalue weighted by Gasteiger charge is 2.62. The Kier molecular flexibility index (Phi) is 8.32. The number of fused-ring (bicyclic) bond motifs is 1. The van der Waals surface area contributed by atoms with Gasteiger partial charge in [-0.1, -0.05) is 49.7 Å². The molecule has 218 valence electrons. The minimum absolute atomic E-state index is 0.0118. The maximum Gasteiger partial charge on any atom is 0.510 e. The van der Waals surface area contributed by atoms with Crippen LogP contribution in [0.2, 0.25) is 0 Å². The molecule has 1 unspecified atom stereocenters. The molecule has 1 atom stereocenters. The third-order valence-electron chi connectivity index (χ3n) is 7.62. The zero-order valence-corrected chi connectivity index (χ0v) is 23.6. The topological polar surface area (TPSA) is 133 Å². The fourth-order valence-corrected chi connectivity index (χ4v) is 7.39. The summed E-state index contributed by atoms with van der Waals surface area (Å²) >= 11 is 0. The molecule has 1 N–H and O–H groups in total. The van der Waals surface area contributed by atoms with Gasteiger partial charge >= 0.3 is 12.2 Å². The summed E-state index contributed by atoms with van der Waals surface area (Å²) in [5.74, 6) is 0. The fourth-order valence-electron chi connectivity index (χ4n) is 5.31. The molecule has 3 aromatic rings. The van der Waals surface area contributed by atoms with Gasteiger partial charge in [-0.3, -0.25) is 9.36 Å². The quantitative estimate of drug-likeness (QED) is 0.278. The van der Waals surface area contributed by atoms with E-state index >= 15 is 0 Å². The number of nitrogens with zero attached hydrogens (tertiary/aromatic N) is 2. The summed E-state index contributed by atoms with van der Waals surface area (Å²) in [6.45, 7) is 2.18. The van der Waals surface area contributed by atoms with E-state index < -0.39 is 33.4 Å². The molecule has 12 heteroatoms. The van der Waals surface area contributed by atoms with E-state index in [4.69, 9.17) is 14.2 Å². The van der Waals surface area contributed by atoms with E-state index in [9.17, 15) is 22.8 Å². The van der Waals surface area contributed by atoms with Crippen molar-refractivity contribution >= 4 is 33.0 Å². The third-order valence-corrected chi connectivity index (χ3v) is 9.66. The van der Waals surface area contributed by atoms with Crippen molar-refractivity contribution in [2.45, 2.75) is 68.8 Å². The van der Waals surface area contributed by atoms with E-state index in [-0.39, 0.29) is 48.2 Å². The number of alkyl carbamates (subject to hydrolysis) is 1. The van der Waals surface area contributed by atoms with Gasteiger partial charge in [0.2, 0.25) is 10.0 Å². The van der Waals surface area contributed by atoms with E-state index in [2.05, 4.69) is 5.32 Å². The number of carbonyl (C=O) groups excluding carboxylic acids is 2. The van der Waals surface area contributed by atoms with Crippen molar-refractivity contribution in [1.29, 1.82) is 0 Å². The molecule has 2 aliphatic rings. The Morgan fingerprint density at radius 3 is 2.51 bits per heavy atom. The molecule has 1 aliphatic heterocycles. The number of nitrogens with one attached hydrogen (secondary N) is 1. The van der Waals surface area contributed by atoms with E-state index in [0.717, 1.165) is 12.0 Å². The summed E-state index contributed by atoms with van der Waals surface area (Å²) in [6.07, 6.45) is 3.16. The number of benzene rings is 2. The minimum Gasteiger partial charge on any atom is -0.445 e. The first-order chi connectivity index (χ1) is 19.8. The van der Waals surface area contributed by atoms with Crippen molar-refractivity contribution in [3.63, 3.8) is 0 Å². The van der Waals surface area contributed by atoms with Crippen LogP contribution in [0.3, 0.4) is 0 Å². The highest BCUT2D eigenvalue weighted by atomic mass is 32.2. The highest BCUT2D eigenvalue weighted by molar-refractivity contribution is 7.89. The van der Waals surface area contributed by atoms with Gasteiger partial charge in [0.25, 0.3) is 5.56 Å². The van der Waals surface area contributed by atoms with E-state index in [1.807, 2.05) is 37.3 Å². The number of carbonyl (C=O) groups is 2. The summed E-state index contributed by atoms with van der Waals surface area (Å²) in [6, 6.07) is 15.0. The average molecular weight is 584 g/mol. The molecule has 0 bridgehead atoms. The second-order valence-corrected chi connectivity index (χ2v) is 12.1. The summed E-state index contributed by atoms with van der Waals surface area (Å²) in [5.41, 5.74) is -0.370. The van der Waals surface area contributed by atoms with Gasteiger partial charge in [0.15, 0.2) is 6.73 Å². The van der Waals surface area contributed by atoms with E-state index in [1.54, 1.807) is 0 Å². The van der Waals surface area contributed by atoms with Gasteiger partial charge in [-0.2, -0.15) is 4.31 Å². The maximum absolute atomic E-state index is 14.0. The minimum atomic E-state index is -4.01. The van der Waals surface area contributed by atoms with Crippen molar-refractivity contribution in [3.05, 3.63) is 76.7 Å². The number of rotatable bonds is 10. The Bertz CT molecular complexity index is 1580. The van der Waals surface area contributed by atoms with Crippen LogP contribution in [-0.4, -0.2) is 54.3 Å². The lowest BCUT2D eigenvalue weighted by Gasteiger charge is -2.28. The predicted molar refractivity (Wildman–Crippen MR) is 150 cm³/mol. The number of hydrogen-bond acceptors (Lipinski definition) is 8. The zero-order valence-electron chi connectivity index (χ0n) is 22.8. The number of pyridine rings is 1. The van der Waals surface area contributed by atoms with Crippen molar-refractivity contribution < 1.29 is 32.2 Å². The van der Waals surface area contributed by atoms with Crippen LogP contribution in [0.5, 0.6) is 0 Å². The molecule has 1 saturated carbocycles. The first kappa shape index (κ1) is 28.6. The van der Waals surface area contributed by atoms with Crippen LogP contribution in [0.4, 0.5) is 9.59 Å². The van der Waals surface area contributed by atoms with Gasteiger partial charge in [-0.25, -0.2) is 18.0 Å². The van der Waals surface area contributed by atoms with Gasteiger partial charge < -0.3 is 19.5 Å². The van der Waals surface area contributed by atoms with Gasteiger partial charge in [-0.05, 0) is 49.4 Å². The molecule has 5 rings (SSSR count). The van der Waals surface area contributed by atoms with Crippen LogP contribution in [0.1, 0.15) is 44.6 Å². The molecule has 11 nitrogen and oxygen atoms in total. The zero-order chi connectivity index (χ0) is 29.0. The summed E-state index contributed by atoms with van der Waals surface area (Å²) in [5, 5.41) is 3.33. The summed E-state index contributed by atoms with van der Waals surface area (Å²) in [7, 11) is -4.01. The smallest absolute Gasteiger partial charge is 0.445 e. The monoisotopic (exact) mass is 583 g/mol. The van der Waals surface area contributed by atoms with Gasteiger partial charge in [0.05, 0.1) is 23.1 Å². The molecule has 2 fully saturated rings. The first-order valence-corrected chi connectivity index (χ1v) is 15.1. The first-order valence-electron chi connectivity index (χ1n) is 13.7. The van der Waals surface area contributed by atoms with Gasteiger partial charge in [0.1, 0.15) is 6.61 Å². The third kappa shape index (κ3) is 5.94. The van der Waals surface area contributed by atoms with Crippen LogP contribution in [-0.2, 0) is 37.6 Å². The normalized spacial score (nSPS) is 17.8. The molecular formula is C29H33N3O8S. The number of ether oxygens (including phenoxy) is 3. The van der Waals surface area contributed by atoms with Gasteiger partial charge in [0, 0.05) is 23.5 Å².